The van der Waals surface area contributed by atoms with Crippen molar-refractivity contribution in [1.82, 2.24) is 15.2 Å². The van der Waals surface area contributed by atoms with Crippen LogP contribution < -0.4 is 5.32 Å². The van der Waals surface area contributed by atoms with Gasteiger partial charge in [-0.05, 0) is 18.1 Å². The first-order valence-corrected chi connectivity index (χ1v) is 9.88. The number of aryl methyl sites for hydroxylation is 1. The number of ether oxygens (including phenoxy) is 1. The van der Waals surface area contributed by atoms with Crippen LogP contribution in [0, 0.1) is 0 Å². The van der Waals surface area contributed by atoms with E-state index in [-0.39, 0.29) is 25.5 Å². The molecule has 27 heavy (non-hydrogen) atoms. The molecule has 2 aromatic rings. The lowest BCUT2D eigenvalue weighted by Crippen LogP contribution is -2.38. The Morgan fingerprint density at radius 1 is 1.33 bits per heavy atom. The summed E-state index contributed by atoms with van der Waals surface area (Å²) < 4.78 is 5.53. The Bertz CT molecular complexity index is 864. The number of benzene rings is 1. The molecule has 2 amide bonds. The monoisotopic (exact) mass is 405 g/mol. The molecule has 0 bridgehead atoms. The molecule has 0 aliphatic carbocycles. The molecule has 1 aromatic heterocycles. The molecule has 1 aliphatic heterocycles. The normalized spacial score (nSPS) is 14.0. The van der Waals surface area contributed by atoms with E-state index in [0.717, 1.165) is 16.5 Å². The highest BCUT2D eigenvalue weighted by Crippen LogP contribution is 2.19. The summed E-state index contributed by atoms with van der Waals surface area (Å²) in [5.41, 5.74) is 2.06. The topological polar surface area (TPSA) is 91.5 Å². The lowest BCUT2D eigenvalue weighted by Gasteiger charge is -2.15. The van der Waals surface area contributed by atoms with Crippen LogP contribution in [0.3, 0.4) is 0 Å². The summed E-state index contributed by atoms with van der Waals surface area (Å²) in [7, 11) is 0. The Kier molecular flexibility index (Phi) is 6.46. The van der Waals surface area contributed by atoms with Crippen LogP contribution >= 0.6 is 24.0 Å². The quantitative estimate of drug-likeness (QED) is 0.512. The summed E-state index contributed by atoms with van der Waals surface area (Å²) in [6, 6.07) is 7.86. The van der Waals surface area contributed by atoms with E-state index in [1.165, 1.54) is 16.7 Å². The van der Waals surface area contributed by atoms with Gasteiger partial charge in [-0.2, -0.15) is 0 Å². The third kappa shape index (κ3) is 5.08. The second-order valence-electron chi connectivity index (χ2n) is 5.97. The molecule has 0 unspecified atom stereocenters. The number of esters is 1. The fourth-order valence-electron chi connectivity index (χ4n) is 2.75. The Labute approximate surface area is 165 Å². The molecule has 0 radical (unpaired) electrons. The van der Waals surface area contributed by atoms with Crippen LogP contribution in [0.4, 0.5) is 0 Å². The number of carbonyl (C=O) groups excluding carboxylic acids is 3. The smallest absolute Gasteiger partial charge is 0.306 e. The fraction of sp³-hybridized carbons (Fsp3) is 0.333. The average Bonchev–Trinajstić information content (AvgIpc) is 3.22. The molecule has 1 aliphatic rings. The Balaban J connectivity index is 1.34. The molecule has 142 valence electrons. The maximum Gasteiger partial charge on any atom is 0.306 e. The Morgan fingerprint density at radius 3 is 2.93 bits per heavy atom. The number of hydrogen-bond acceptors (Lipinski definition) is 6. The average molecular weight is 406 g/mol. The second-order valence-corrected chi connectivity index (χ2v) is 7.58. The highest BCUT2D eigenvalue weighted by atomic mass is 32.2. The van der Waals surface area contributed by atoms with Crippen molar-refractivity contribution in [3.8, 4) is 0 Å². The van der Waals surface area contributed by atoms with Crippen molar-refractivity contribution in [2.45, 2.75) is 12.8 Å². The third-order valence-corrected chi connectivity index (χ3v) is 5.57. The van der Waals surface area contributed by atoms with Crippen LogP contribution in [0.25, 0.3) is 10.9 Å². The molecule has 1 aromatic carbocycles. The summed E-state index contributed by atoms with van der Waals surface area (Å²) >= 11 is 6.37. The zero-order chi connectivity index (χ0) is 19.2. The maximum atomic E-state index is 11.9. The molecule has 3 rings (SSSR count). The first-order valence-electron chi connectivity index (χ1n) is 8.49. The molecule has 2 heterocycles. The minimum atomic E-state index is -0.428. The van der Waals surface area contributed by atoms with Gasteiger partial charge in [0, 0.05) is 36.6 Å². The standard InChI is InChI=1S/C18H19N3O4S2/c22-15(19-7-8-21-16(23)11-27-18(21)26)10-25-17(24)6-5-12-9-20-14-4-2-1-3-13(12)14/h1-4,9,20H,5-8,10-11H2,(H,19,22). The van der Waals surface area contributed by atoms with E-state index in [2.05, 4.69) is 10.3 Å². The predicted octanol–water partition coefficient (Wildman–Crippen LogP) is 1.62. The number of aromatic nitrogens is 1. The Morgan fingerprint density at radius 2 is 2.15 bits per heavy atom. The van der Waals surface area contributed by atoms with Crippen molar-refractivity contribution in [2.75, 3.05) is 25.4 Å². The first kappa shape index (κ1) is 19.4. The molecule has 0 atom stereocenters. The van der Waals surface area contributed by atoms with E-state index in [4.69, 9.17) is 17.0 Å². The first-order chi connectivity index (χ1) is 13.0. The fourth-order valence-corrected chi connectivity index (χ4v) is 3.87. The van der Waals surface area contributed by atoms with Crippen molar-refractivity contribution < 1.29 is 19.1 Å². The number of H-pyrrole nitrogens is 1. The van der Waals surface area contributed by atoms with Gasteiger partial charge in [0.05, 0.1) is 5.75 Å². The van der Waals surface area contributed by atoms with Gasteiger partial charge < -0.3 is 15.0 Å². The highest BCUT2D eigenvalue weighted by molar-refractivity contribution is 8.23. The van der Waals surface area contributed by atoms with Gasteiger partial charge in [-0.3, -0.25) is 19.3 Å². The molecule has 0 spiro atoms. The maximum absolute atomic E-state index is 11.9. The van der Waals surface area contributed by atoms with E-state index < -0.39 is 11.9 Å². The minimum absolute atomic E-state index is 0.0528. The number of hydrogen-bond donors (Lipinski definition) is 2. The molecular formula is C18H19N3O4S2. The van der Waals surface area contributed by atoms with Gasteiger partial charge in [0.1, 0.15) is 4.32 Å². The van der Waals surface area contributed by atoms with Gasteiger partial charge in [0.2, 0.25) is 5.91 Å². The molecule has 2 N–H and O–H groups in total. The number of rotatable bonds is 8. The lowest BCUT2D eigenvalue weighted by atomic mass is 10.1. The van der Waals surface area contributed by atoms with Crippen LogP contribution in [-0.2, 0) is 25.5 Å². The van der Waals surface area contributed by atoms with Crippen LogP contribution in [0.1, 0.15) is 12.0 Å². The summed E-state index contributed by atoms with van der Waals surface area (Å²) in [5, 5.41) is 3.70. The number of nitrogens with one attached hydrogen (secondary N) is 2. The van der Waals surface area contributed by atoms with Crippen LogP contribution in [0.5, 0.6) is 0 Å². The number of carbonyl (C=O) groups is 3. The van der Waals surface area contributed by atoms with Gasteiger partial charge in [-0.15, -0.1) is 0 Å². The predicted molar refractivity (Wildman–Crippen MR) is 107 cm³/mol. The van der Waals surface area contributed by atoms with Crippen molar-refractivity contribution in [2.24, 2.45) is 0 Å². The minimum Gasteiger partial charge on any atom is -0.456 e. The van der Waals surface area contributed by atoms with Crippen LogP contribution in [-0.4, -0.2) is 57.4 Å². The number of aromatic amines is 1. The van der Waals surface area contributed by atoms with Gasteiger partial charge in [-0.1, -0.05) is 42.2 Å². The molecular weight excluding hydrogens is 386 g/mol. The zero-order valence-electron chi connectivity index (χ0n) is 14.5. The van der Waals surface area contributed by atoms with E-state index >= 15 is 0 Å². The molecule has 7 nitrogen and oxygen atoms in total. The van der Waals surface area contributed by atoms with E-state index in [0.29, 0.717) is 23.0 Å². The third-order valence-electron chi connectivity index (χ3n) is 4.14. The van der Waals surface area contributed by atoms with Crippen LogP contribution in [0.2, 0.25) is 0 Å². The number of fused-ring (bicyclic) bond motifs is 1. The zero-order valence-corrected chi connectivity index (χ0v) is 16.2. The largest absolute Gasteiger partial charge is 0.456 e. The van der Waals surface area contributed by atoms with E-state index in [9.17, 15) is 14.4 Å². The molecule has 0 saturated carbocycles. The number of para-hydroxylation sites is 1. The van der Waals surface area contributed by atoms with Gasteiger partial charge >= 0.3 is 5.97 Å². The van der Waals surface area contributed by atoms with Crippen LogP contribution in [0.15, 0.2) is 30.5 Å². The van der Waals surface area contributed by atoms with E-state index in [1.54, 1.807) is 0 Å². The summed E-state index contributed by atoms with van der Waals surface area (Å²) in [6.45, 7) is 0.253. The molecule has 9 heteroatoms. The number of thioether (sulfide) groups is 1. The van der Waals surface area contributed by atoms with Gasteiger partial charge in [-0.25, -0.2) is 0 Å². The van der Waals surface area contributed by atoms with Crippen molar-refractivity contribution >= 4 is 57.0 Å². The second kappa shape index (κ2) is 9.01. The van der Waals surface area contributed by atoms with Crippen molar-refractivity contribution in [3.63, 3.8) is 0 Å². The summed E-state index contributed by atoms with van der Waals surface area (Å²) in [5.74, 6) is -0.535. The van der Waals surface area contributed by atoms with Gasteiger partial charge in [0.25, 0.3) is 5.91 Å². The number of thiocarbonyl (C=S) groups is 1. The van der Waals surface area contributed by atoms with Crippen molar-refractivity contribution in [1.29, 1.82) is 0 Å². The molecule has 1 fully saturated rings. The van der Waals surface area contributed by atoms with Gasteiger partial charge in [0.15, 0.2) is 6.61 Å². The van der Waals surface area contributed by atoms with Crippen molar-refractivity contribution in [3.05, 3.63) is 36.0 Å². The number of amides is 2. The summed E-state index contributed by atoms with van der Waals surface area (Å²) in [6.07, 6.45) is 2.62. The SMILES string of the molecule is O=C(COC(=O)CCc1c[nH]c2ccccc12)NCCN1C(=O)CSC1=S. The lowest BCUT2D eigenvalue weighted by molar-refractivity contribution is -0.148. The van der Waals surface area contributed by atoms with E-state index in [1.807, 2.05) is 30.5 Å². The highest BCUT2D eigenvalue weighted by Gasteiger charge is 2.25. The Hall–Kier alpha value is -2.39. The number of nitrogens with zero attached hydrogens (tertiary/aromatic N) is 1. The molecule has 1 saturated heterocycles. The summed E-state index contributed by atoms with van der Waals surface area (Å²) in [4.78, 5) is 39.8.